The smallest absolute Gasteiger partial charge is 0.329 e. The van der Waals surface area contributed by atoms with Crippen LogP contribution in [0.15, 0.2) is 59.7 Å². The van der Waals surface area contributed by atoms with Crippen molar-refractivity contribution in [1.82, 2.24) is 10.7 Å². The van der Waals surface area contributed by atoms with Gasteiger partial charge >= 0.3 is 11.8 Å². The van der Waals surface area contributed by atoms with Crippen LogP contribution in [0, 0.1) is 0 Å². The monoisotopic (exact) mass is 391 g/mol. The maximum atomic E-state index is 12.2. The number of rotatable bonds is 3. The average molecular weight is 391 g/mol. The van der Waals surface area contributed by atoms with E-state index in [-0.39, 0.29) is 11.6 Å². The number of fused-ring (bicyclic) bond motifs is 4. The van der Waals surface area contributed by atoms with Crippen LogP contribution in [0.1, 0.15) is 56.2 Å². The lowest BCUT2D eigenvalue weighted by molar-refractivity contribution is -0.139. The van der Waals surface area contributed by atoms with E-state index < -0.39 is 11.8 Å². The van der Waals surface area contributed by atoms with Crippen molar-refractivity contribution in [2.24, 2.45) is 5.10 Å². The quantitative estimate of drug-likeness (QED) is 0.621. The molecule has 6 nitrogen and oxygen atoms in total. The Bertz CT molecular complexity index is 957. The summed E-state index contributed by atoms with van der Waals surface area (Å²) in [5, 5.41) is 6.96. The maximum Gasteiger partial charge on any atom is 0.329 e. The SMILES string of the molecule is C[C@@H](NC(=O)C(=O)N/N=C1\C[C@H]2C[C@@](C)(C1)Oc1ccccc12)c1ccccc1. The van der Waals surface area contributed by atoms with Gasteiger partial charge in [-0.05, 0) is 49.8 Å². The molecular formula is C23H25N3O3. The lowest BCUT2D eigenvalue weighted by Crippen LogP contribution is -2.45. The van der Waals surface area contributed by atoms with E-state index in [4.69, 9.17) is 4.74 Å². The van der Waals surface area contributed by atoms with Gasteiger partial charge in [0.05, 0.1) is 6.04 Å². The van der Waals surface area contributed by atoms with E-state index in [1.165, 1.54) is 5.56 Å². The van der Waals surface area contributed by atoms with Crippen molar-refractivity contribution >= 4 is 17.5 Å². The molecule has 1 aliphatic heterocycles. The number of nitrogens with zero attached hydrogens (tertiary/aromatic N) is 1. The molecule has 2 aliphatic rings. The van der Waals surface area contributed by atoms with Crippen molar-refractivity contribution in [2.75, 3.05) is 0 Å². The molecule has 29 heavy (non-hydrogen) atoms. The summed E-state index contributed by atoms with van der Waals surface area (Å²) in [7, 11) is 0. The zero-order valence-electron chi connectivity index (χ0n) is 16.6. The lowest BCUT2D eigenvalue weighted by atomic mass is 9.73. The van der Waals surface area contributed by atoms with Crippen LogP contribution in [0.4, 0.5) is 0 Å². The molecule has 2 amide bonds. The minimum absolute atomic E-state index is 0.264. The molecule has 1 saturated carbocycles. The highest BCUT2D eigenvalue weighted by Gasteiger charge is 2.42. The summed E-state index contributed by atoms with van der Waals surface area (Å²) >= 11 is 0. The highest BCUT2D eigenvalue weighted by atomic mass is 16.5. The fourth-order valence-corrected chi connectivity index (χ4v) is 4.28. The van der Waals surface area contributed by atoms with Crippen LogP contribution >= 0.6 is 0 Å². The molecule has 3 atom stereocenters. The molecule has 1 heterocycles. The van der Waals surface area contributed by atoms with Gasteiger partial charge in [0.1, 0.15) is 11.4 Å². The molecule has 2 bridgehead atoms. The van der Waals surface area contributed by atoms with E-state index in [2.05, 4.69) is 28.8 Å². The van der Waals surface area contributed by atoms with E-state index in [0.717, 1.165) is 29.9 Å². The van der Waals surface area contributed by atoms with Gasteiger partial charge in [-0.25, -0.2) is 5.43 Å². The zero-order chi connectivity index (χ0) is 20.4. The van der Waals surface area contributed by atoms with Gasteiger partial charge in [0.15, 0.2) is 0 Å². The van der Waals surface area contributed by atoms with Gasteiger partial charge in [0.25, 0.3) is 0 Å². The lowest BCUT2D eigenvalue weighted by Gasteiger charge is -2.44. The number of carbonyl (C=O) groups excluding carboxylic acids is 2. The average Bonchev–Trinajstić information content (AvgIpc) is 2.71. The van der Waals surface area contributed by atoms with E-state index in [0.29, 0.717) is 12.3 Å². The molecule has 2 aromatic rings. The van der Waals surface area contributed by atoms with Gasteiger partial charge in [-0.2, -0.15) is 5.10 Å². The molecule has 6 heteroatoms. The number of hydrogen-bond donors (Lipinski definition) is 2. The van der Waals surface area contributed by atoms with Crippen molar-refractivity contribution in [3.8, 4) is 5.75 Å². The number of amides is 2. The molecule has 150 valence electrons. The summed E-state index contributed by atoms with van der Waals surface area (Å²) in [6, 6.07) is 17.3. The number of para-hydroxylation sites is 1. The van der Waals surface area contributed by atoms with Gasteiger partial charge in [-0.1, -0.05) is 48.5 Å². The van der Waals surface area contributed by atoms with Crippen LogP contribution in [0.5, 0.6) is 5.75 Å². The molecule has 1 aliphatic carbocycles. The van der Waals surface area contributed by atoms with E-state index in [1.807, 2.05) is 55.5 Å². The fourth-order valence-electron chi connectivity index (χ4n) is 4.28. The Morgan fingerprint density at radius 1 is 1.10 bits per heavy atom. The van der Waals surface area contributed by atoms with Crippen LogP contribution in [0.2, 0.25) is 0 Å². The molecule has 2 aromatic carbocycles. The molecule has 1 fully saturated rings. The summed E-state index contributed by atoms with van der Waals surface area (Å²) < 4.78 is 6.20. The number of nitrogens with one attached hydrogen (secondary N) is 2. The van der Waals surface area contributed by atoms with E-state index in [1.54, 1.807) is 0 Å². The number of hydrazone groups is 1. The Kier molecular flexibility index (Phi) is 5.09. The van der Waals surface area contributed by atoms with Gasteiger partial charge in [-0.15, -0.1) is 0 Å². The first-order valence-corrected chi connectivity index (χ1v) is 9.93. The third-order valence-corrected chi connectivity index (χ3v) is 5.62. The van der Waals surface area contributed by atoms with E-state index >= 15 is 0 Å². The second-order valence-electron chi connectivity index (χ2n) is 8.10. The molecular weight excluding hydrogens is 366 g/mol. The van der Waals surface area contributed by atoms with Crippen molar-refractivity contribution in [1.29, 1.82) is 0 Å². The second kappa shape index (κ2) is 7.70. The minimum Gasteiger partial charge on any atom is -0.487 e. The third kappa shape index (κ3) is 4.16. The number of benzene rings is 2. The summed E-state index contributed by atoms with van der Waals surface area (Å²) in [4.78, 5) is 24.4. The van der Waals surface area contributed by atoms with Gasteiger partial charge in [-0.3, -0.25) is 9.59 Å². The van der Waals surface area contributed by atoms with Crippen LogP contribution < -0.4 is 15.5 Å². The predicted molar refractivity (Wildman–Crippen MR) is 111 cm³/mol. The van der Waals surface area contributed by atoms with Gasteiger partial charge in [0, 0.05) is 12.1 Å². The highest BCUT2D eigenvalue weighted by Crippen LogP contribution is 2.47. The predicted octanol–water partition coefficient (Wildman–Crippen LogP) is 3.45. The summed E-state index contributed by atoms with van der Waals surface area (Å²) in [5.74, 6) is -0.220. The number of hydrogen-bond acceptors (Lipinski definition) is 4. The molecule has 0 spiro atoms. The van der Waals surface area contributed by atoms with Crippen LogP contribution in [0.3, 0.4) is 0 Å². The Morgan fingerprint density at radius 2 is 1.83 bits per heavy atom. The van der Waals surface area contributed by atoms with Crippen LogP contribution in [-0.4, -0.2) is 23.1 Å². The third-order valence-electron chi connectivity index (χ3n) is 5.62. The standard InChI is InChI=1S/C23H25N3O3/c1-15(16-8-4-3-5-9-16)24-21(27)22(28)26-25-18-12-17-13-23(2,14-18)29-20-11-7-6-10-19(17)20/h3-11,15,17H,12-14H2,1-2H3,(H,24,27)(H,26,28)/b25-18+/t15-,17+,23+/m1/s1. The van der Waals surface area contributed by atoms with Crippen molar-refractivity contribution in [2.45, 2.75) is 50.7 Å². The van der Waals surface area contributed by atoms with E-state index in [9.17, 15) is 9.59 Å². The Morgan fingerprint density at radius 3 is 2.62 bits per heavy atom. The summed E-state index contributed by atoms with van der Waals surface area (Å²) in [6.07, 6.45) is 2.30. The molecule has 0 aromatic heterocycles. The number of ether oxygens (including phenoxy) is 1. The first kappa shape index (κ1) is 19.2. The normalized spacial score (nSPS) is 24.8. The molecule has 0 radical (unpaired) electrons. The summed E-state index contributed by atoms with van der Waals surface area (Å²) in [6.45, 7) is 3.91. The van der Waals surface area contributed by atoms with Gasteiger partial charge in [0.2, 0.25) is 0 Å². The van der Waals surface area contributed by atoms with Crippen molar-refractivity contribution in [3.05, 3.63) is 65.7 Å². The first-order chi connectivity index (χ1) is 13.9. The molecule has 0 unspecified atom stereocenters. The largest absolute Gasteiger partial charge is 0.487 e. The van der Waals surface area contributed by atoms with Gasteiger partial charge < -0.3 is 10.1 Å². The van der Waals surface area contributed by atoms with Crippen LogP contribution in [-0.2, 0) is 9.59 Å². The summed E-state index contributed by atoms with van der Waals surface area (Å²) in [5.41, 5.74) is 5.03. The number of carbonyl (C=O) groups is 2. The zero-order valence-corrected chi connectivity index (χ0v) is 16.6. The Labute approximate surface area is 170 Å². The molecule has 0 saturated heterocycles. The van der Waals surface area contributed by atoms with Crippen molar-refractivity contribution < 1.29 is 14.3 Å². The Hall–Kier alpha value is -3.15. The maximum absolute atomic E-state index is 12.2. The highest BCUT2D eigenvalue weighted by molar-refractivity contribution is 6.35. The molecule has 2 N–H and O–H groups in total. The second-order valence-corrected chi connectivity index (χ2v) is 8.10. The topological polar surface area (TPSA) is 79.8 Å². The molecule has 4 rings (SSSR count). The minimum atomic E-state index is -0.762. The van der Waals surface area contributed by atoms with Crippen LogP contribution in [0.25, 0.3) is 0 Å². The Balaban J connectivity index is 1.39. The van der Waals surface area contributed by atoms with Crippen molar-refractivity contribution in [3.63, 3.8) is 0 Å². The fraction of sp³-hybridized carbons (Fsp3) is 0.348. The first-order valence-electron chi connectivity index (χ1n) is 9.93.